The highest BCUT2D eigenvalue weighted by molar-refractivity contribution is 8.00. The molecule has 4 aliphatic heterocycles. The lowest BCUT2D eigenvalue weighted by atomic mass is 10.0. The summed E-state index contributed by atoms with van der Waals surface area (Å²) in [6.45, 7) is 9.65. The number of carbonyl (C=O) groups is 9. The number of fused-ring (bicyclic) bond motifs is 2. The van der Waals surface area contributed by atoms with Gasteiger partial charge in [0.05, 0.1) is 153 Å². The Labute approximate surface area is 762 Å². The monoisotopic (exact) mass is 1870 g/mol. The summed E-state index contributed by atoms with van der Waals surface area (Å²) in [4.78, 5) is 109. The number of benzene rings is 4. The molecule has 0 saturated carbocycles. The standard InChI is InChI=1S/C43H58F2N6O9S.C42H57F2N7O9S.C2HF3O.C2H6/c1-2-3-4-16-36(38(53)28-60-41-34(44)14-8-15-35(41)45)46-42(54)30-10-7-11-32(25-30)51-26-31(49-50-51)27-59-24-23-58-22-21-57-20-19-56-18-9-13-33(52)12-5-6-17-39-40-37(29-61-39)47-43(55)48-40;43-33-12-6-13-34(44)40(33)60-27-37(53)35(14-3-4-16-45)46-41(54)29-8-5-9-31(24-29)51-25-30(49-50-51)26-59-23-22-58-21-20-57-19-18-56-17-7-11-32(52)10-1-2-15-38-39-36(28-61-38)47-42(55)48-39;3-2(4,5)1-6;1-2/h7-8,10-11,14-15,25-26,36-37,39-40H,2-6,9,12-13,16-24,27-29H2,1H3,(H,46,54)(H2,47,48,55);5-6,8-9,12-13,24-25,35-36,38-39H,1-4,7,10-11,14-23,26-28,45H2,(H,46,54)(H2,47,48,55);1H;1-2H3/t36-,37-,39-,40-;35-,36-,38-,39-;;/m00../s1/i;;;1D. The number of nitrogens with two attached hydrogens (primary N) is 1. The summed E-state index contributed by atoms with van der Waals surface area (Å²) in [5.41, 5.74) is 8.41. The van der Waals surface area contributed by atoms with Crippen LogP contribution in [-0.4, -0.2) is 260 Å². The van der Waals surface area contributed by atoms with E-state index in [0.29, 0.717) is 203 Å². The van der Waals surface area contributed by atoms with E-state index in [1.165, 1.54) is 21.5 Å². The van der Waals surface area contributed by atoms with Crippen LogP contribution < -0.4 is 47.1 Å². The van der Waals surface area contributed by atoms with Gasteiger partial charge < -0.3 is 85.0 Å². The Balaban J connectivity index is 0.000000328. The Hall–Kier alpha value is -9.56. The second-order valence-corrected chi connectivity index (χ2v) is 32.9. The number of carbonyl (C=O) groups excluding carboxylic acids is 9. The molecule has 0 aliphatic carbocycles. The summed E-state index contributed by atoms with van der Waals surface area (Å²) in [5, 5.41) is 34.9. The molecule has 718 valence electrons. The highest BCUT2D eigenvalue weighted by Crippen LogP contribution is 2.35. The number of aldehydes is 1. The molecule has 4 fully saturated rings. The van der Waals surface area contributed by atoms with Gasteiger partial charge in [-0.1, -0.05) is 87.5 Å². The van der Waals surface area contributed by atoms with Crippen LogP contribution in [0.5, 0.6) is 11.5 Å². The van der Waals surface area contributed by atoms with E-state index in [1.54, 1.807) is 67.8 Å². The summed E-state index contributed by atoms with van der Waals surface area (Å²) in [5.74, 6) is -4.63. The molecule has 2 aromatic heterocycles. The fourth-order valence-electron chi connectivity index (χ4n) is 13.8. The van der Waals surface area contributed by atoms with Crippen LogP contribution in [0.25, 0.3) is 11.4 Å². The molecule has 6 amide bonds. The zero-order valence-corrected chi connectivity index (χ0v) is 75.0. The quantitative estimate of drug-likeness (QED) is 0.00807. The number of aromatic nitrogens is 6. The lowest BCUT2D eigenvalue weighted by Gasteiger charge is -2.18. The molecule has 0 unspecified atom stereocenters. The van der Waals surface area contributed by atoms with Gasteiger partial charge in [-0.25, -0.2) is 36.5 Å². The van der Waals surface area contributed by atoms with Crippen molar-refractivity contribution in [3.8, 4) is 22.9 Å². The molecule has 0 bridgehead atoms. The van der Waals surface area contributed by atoms with Crippen LogP contribution >= 0.6 is 23.5 Å². The number of alkyl halides is 3. The zero-order valence-electron chi connectivity index (χ0n) is 74.4. The van der Waals surface area contributed by atoms with Crippen molar-refractivity contribution in [2.75, 3.05) is 124 Å². The number of nitrogens with zero attached hydrogens (tertiary/aromatic N) is 6. The molecule has 0 spiro atoms. The van der Waals surface area contributed by atoms with Gasteiger partial charge in [0.15, 0.2) is 46.3 Å². The first-order chi connectivity index (χ1) is 63.4. The number of hydrogen-bond donors (Lipinski definition) is 7. The first-order valence-corrected chi connectivity index (χ1v) is 45.9. The molecule has 4 saturated heterocycles. The number of amides is 6. The average molecular weight is 1880 g/mol. The van der Waals surface area contributed by atoms with E-state index in [4.69, 9.17) is 59.3 Å². The van der Waals surface area contributed by atoms with Crippen LogP contribution in [0.1, 0.15) is 176 Å². The summed E-state index contributed by atoms with van der Waals surface area (Å²) in [6.07, 6.45) is 11.2. The minimum absolute atomic E-state index is 0.0675. The molecule has 0 radical (unpaired) electrons. The molecule has 41 heteroatoms. The molecule has 130 heavy (non-hydrogen) atoms. The lowest BCUT2D eigenvalue weighted by Crippen LogP contribution is -2.43. The van der Waals surface area contributed by atoms with Gasteiger partial charge in [0.2, 0.25) is 6.29 Å². The fraction of sp³-hybridized carbons (Fsp3) is 0.584. The maximum Gasteiger partial charge on any atom is 0.446 e. The molecule has 6 aromatic rings. The molecule has 8 N–H and O–H groups in total. The summed E-state index contributed by atoms with van der Waals surface area (Å²) in [7, 11) is 0. The van der Waals surface area contributed by atoms with Crippen LogP contribution in [-0.2, 0) is 75.1 Å². The molecular weight excluding hydrogens is 1750 g/mol. The second kappa shape index (κ2) is 61.2. The van der Waals surface area contributed by atoms with Gasteiger partial charge in [0, 0.05) is 73.4 Å². The summed E-state index contributed by atoms with van der Waals surface area (Å²) in [6, 6.07) is 18.7. The normalized spacial score (nSPS) is 17.0. The van der Waals surface area contributed by atoms with Gasteiger partial charge in [-0.05, 0) is 131 Å². The first kappa shape index (κ1) is 106. The van der Waals surface area contributed by atoms with E-state index in [0.717, 1.165) is 87.1 Å². The van der Waals surface area contributed by atoms with Crippen molar-refractivity contribution in [2.24, 2.45) is 5.73 Å². The van der Waals surface area contributed by atoms with Crippen LogP contribution in [0.2, 0.25) is 0 Å². The van der Waals surface area contributed by atoms with Gasteiger partial charge in [0.1, 0.15) is 36.2 Å². The molecular formula is C89H122F7N13O19S2. The number of urea groups is 2. The third-order valence-corrected chi connectivity index (χ3v) is 23.5. The third-order valence-electron chi connectivity index (χ3n) is 20.4. The number of thioether (sulfide) groups is 2. The maximum absolute atomic E-state index is 14.0. The number of ether oxygens (including phenoxy) is 10. The first-order valence-electron chi connectivity index (χ1n) is 44.5. The topological polar surface area (TPSA) is 406 Å². The maximum atomic E-state index is 14.0. The number of rotatable bonds is 62. The Morgan fingerprint density at radius 2 is 0.869 bits per heavy atom. The van der Waals surface area contributed by atoms with Crippen LogP contribution in [0.15, 0.2) is 97.3 Å². The van der Waals surface area contributed by atoms with E-state index in [1.807, 2.05) is 30.4 Å². The van der Waals surface area contributed by atoms with Crippen LogP contribution in [0, 0.1) is 23.3 Å². The van der Waals surface area contributed by atoms with E-state index in [9.17, 15) is 69.1 Å². The van der Waals surface area contributed by atoms with E-state index in [2.05, 4.69) is 52.5 Å². The lowest BCUT2D eigenvalue weighted by molar-refractivity contribution is -0.156. The van der Waals surface area contributed by atoms with Crippen molar-refractivity contribution >= 4 is 76.8 Å². The van der Waals surface area contributed by atoms with Crippen molar-refractivity contribution in [1.82, 2.24) is 61.9 Å². The van der Waals surface area contributed by atoms with Crippen LogP contribution in [0.4, 0.5) is 40.3 Å². The van der Waals surface area contributed by atoms with Gasteiger partial charge in [-0.2, -0.15) is 36.7 Å². The smallest absolute Gasteiger partial charge is 0.446 e. The molecule has 10 rings (SSSR count). The number of nitrogens with one attached hydrogen (secondary N) is 6. The van der Waals surface area contributed by atoms with E-state index in [-0.39, 0.29) is 78.6 Å². The largest absolute Gasteiger partial charge is 0.480 e. The molecule has 4 aromatic carbocycles. The summed E-state index contributed by atoms with van der Waals surface area (Å²) >= 11 is 3.80. The van der Waals surface area contributed by atoms with Gasteiger partial charge >= 0.3 is 18.2 Å². The SMILES string of the molecule is CCCCC[C@H](NC(=O)c1cccc(-n2cc(COCCOCCOCCOCCCC(=O)CCCC[C@@H]3SC[C@@H]4NC(=O)N[C@@H]43)nn2)c1)C(=O)COc1c(F)cccc1F.NCCCC[C@H](NC(=O)c1cccc(-n2cc(COCCOCCOCCOCCCC(=O)CCCC[C@@H]3SC[C@@H]4NC(=O)N[C@@H]43)nn2)c1)C(=O)COc1c(F)cccc1F.O=CC(F)(F)F.[2H]CC. The van der Waals surface area contributed by atoms with Crippen molar-refractivity contribution in [3.63, 3.8) is 0 Å². The number of Topliss-reactive ketones (excluding diaryl/α,β-unsaturated/α-hetero) is 4. The van der Waals surface area contributed by atoms with Gasteiger partial charge in [-0.15, -0.1) is 10.2 Å². The van der Waals surface area contributed by atoms with Crippen LogP contribution in [0.3, 0.4) is 0 Å². The number of hydrogen-bond acceptors (Lipinski definition) is 26. The number of para-hydroxylation sites is 2. The average Bonchev–Trinajstić information content (AvgIpc) is 1.67. The van der Waals surface area contributed by atoms with Gasteiger partial charge in [-0.3, -0.25) is 33.6 Å². The number of ketones is 4. The fourth-order valence-corrected chi connectivity index (χ4v) is 16.9. The summed E-state index contributed by atoms with van der Waals surface area (Å²) < 4.78 is 152. The van der Waals surface area contributed by atoms with Crippen molar-refractivity contribution in [2.45, 2.75) is 209 Å². The molecule has 4 aliphatic rings. The predicted molar refractivity (Wildman–Crippen MR) is 470 cm³/mol. The number of halogens is 7. The Kier molecular flexibility index (Phi) is 49.8. The Morgan fingerprint density at radius 1 is 0.515 bits per heavy atom. The molecule has 32 nitrogen and oxygen atoms in total. The van der Waals surface area contributed by atoms with Crippen molar-refractivity contribution in [3.05, 3.63) is 143 Å². The van der Waals surface area contributed by atoms with E-state index < -0.39 is 95.9 Å². The second-order valence-electron chi connectivity index (χ2n) is 30.3. The zero-order chi connectivity index (χ0) is 94.4. The highest BCUT2D eigenvalue weighted by Gasteiger charge is 2.44. The Bertz CT molecular complexity index is 4140. The highest BCUT2D eigenvalue weighted by atomic mass is 32.2. The van der Waals surface area contributed by atoms with E-state index >= 15 is 0 Å². The van der Waals surface area contributed by atoms with Crippen molar-refractivity contribution in [1.29, 1.82) is 0 Å². The molecule has 6 heterocycles. The molecule has 8 atom stereocenters. The van der Waals surface area contributed by atoms with Gasteiger partial charge in [0.25, 0.3) is 11.8 Å². The van der Waals surface area contributed by atoms with Crippen molar-refractivity contribution < 1.29 is 123 Å². The third kappa shape index (κ3) is 40.3. The Morgan fingerprint density at radius 3 is 1.24 bits per heavy atom. The number of unbranched alkanes of at least 4 members (excludes halogenated alkanes) is 5. The minimum Gasteiger partial charge on any atom is -0.480 e. The minimum atomic E-state index is -4.64. The predicted octanol–water partition coefficient (Wildman–Crippen LogP) is 11.4.